The summed E-state index contributed by atoms with van der Waals surface area (Å²) in [5.41, 5.74) is -0.136. The minimum atomic E-state index is -1.02. The zero-order chi connectivity index (χ0) is 15.4. The molecule has 1 saturated heterocycles. The van der Waals surface area contributed by atoms with E-state index in [0.717, 1.165) is 12.1 Å². The number of amides is 2. The van der Waals surface area contributed by atoms with Crippen LogP contribution in [0.3, 0.4) is 0 Å². The first kappa shape index (κ1) is 15.2. The highest BCUT2D eigenvalue weighted by Gasteiger charge is 2.26. The molecule has 1 aliphatic heterocycles. The molecule has 0 aliphatic carbocycles. The first-order valence-corrected chi connectivity index (χ1v) is 6.30. The molecular weight excluding hydrogens is 286 g/mol. The van der Waals surface area contributed by atoms with Gasteiger partial charge >= 0.3 is 12.0 Å². The molecule has 1 fully saturated rings. The van der Waals surface area contributed by atoms with E-state index in [1.165, 1.54) is 4.90 Å². The molecule has 1 aliphatic rings. The van der Waals surface area contributed by atoms with Gasteiger partial charge in [-0.2, -0.15) is 0 Å². The summed E-state index contributed by atoms with van der Waals surface area (Å²) in [5.74, 6) is -2.64. The fourth-order valence-electron chi connectivity index (χ4n) is 2.01. The monoisotopic (exact) mass is 300 g/mol. The quantitative estimate of drug-likeness (QED) is 0.890. The average molecular weight is 300 g/mol. The van der Waals surface area contributed by atoms with Gasteiger partial charge in [-0.15, -0.1) is 0 Å². The van der Waals surface area contributed by atoms with Crippen LogP contribution in [0, 0.1) is 11.6 Å². The molecule has 21 heavy (non-hydrogen) atoms. The molecule has 2 N–H and O–H groups in total. The highest BCUT2D eigenvalue weighted by Crippen LogP contribution is 2.16. The molecule has 1 aromatic carbocycles. The van der Waals surface area contributed by atoms with Gasteiger partial charge < -0.3 is 20.1 Å². The summed E-state index contributed by atoms with van der Waals surface area (Å²) >= 11 is 0. The first-order valence-electron chi connectivity index (χ1n) is 6.30. The van der Waals surface area contributed by atoms with Crippen LogP contribution >= 0.6 is 0 Å². The van der Waals surface area contributed by atoms with E-state index in [2.05, 4.69) is 5.32 Å². The summed E-state index contributed by atoms with van der Waals surface area (Å²) in [7, 11) is 0. The Hall–Kier alpha value is -2.22. The van der Waals surface area contributed by atoms with E-state index in [4.69, 9.17) is 9.84 Å². The molecule has 0 radical (unpaired) electrons. The van der Waals surface area contributed by atoms with Gasteiger partial charge in [0.25, 0.3) is 0 Å². The number of carbonyl (C=O) groups is 2. The lowest BCUT2D eigenvalue weighted by Gasteiger charge is -2.32. The van der Waals surface area contributed by atoms with Gasteiger partial charge in [-0.3, -0.25) is 4.79 Å². The van der Waals surface area contributed by atoms with Gasteiger partial charge in [0.1, 0.15) is 11.6 Å². The number of halogens is 2. The van der Waals surface area contributed by atoms with Crippen LogP contribution in [0.15, 0.2) is 18.2 Å². The summed E-state index contributed by atoms with van der Waals surface area (Å²) in [6.07, 6.45) is -0.811. The number of carboxylic acids is 1. The Balaban J connectivity index is 1.97. The molecule has 0 saturated carbocycles. The van der Waals surface area contributed by atoms with Gasteiger partial charge in [-0.1, -0.05) is 0 Å². The normalized spacial score (nSPS) is 18.4. The van der Waals surface area contributed by atoms with E-state index < -0.39 is 29.7 Å². The summed E-state index contributed by atoms with van der Waals surface area (Å²) in [4.78, 5) is 23.9. The summed E-state index contributed by atoms with van der Waals surface area (Å²) in [6.45, 7) is 0.572. The van der Waals surface area contributed by atoms with Crippen LogP contribution in [0.25, 0.3) is 0 Å². The minimum Gasteiger partial charge on any atom is -0.481 e. The lowest BCUT2D eigenvalue weighted by Crippen LogP contribution is -2.48. The van der Waals surface area contributed by atoms with Crippen molar-refractivity contribution in [2.75, 3.05) is 25.0 Å². The second kappa shape index (κ2) is 6.49. The van der Waals surface area contributed by atoms with Crippen LogP contribution in [0.1, 0.15) is 6.42 Å². The fourth-order valence-corrected chi connectivity index (χ4v) is 2.01. The number of carbonyl (C=O) groups excluding carboxylic acids is 1. The smallest absolute Gasteiger partial charge is 0.322 e. The Kier molecular flexibility index (Phi) is 4.69. The van der Waals surface area contributed by atoms with Crippen molar-refractivity contribution in [2.45, 2.75) is 12.5 Å². The van der Waals surface area contributed by atoms with Gasteiger partial charge in [0.2, 0.25) is 0 Å². The van der Waals surface area contributed by atoms with Crippen LogP contribution in [-0.4, -0.2) is 47.8 Å². The van der Waals surface area contributed by atoms with Gasteiger partial charge in [0.05, 0.1) is 24.8 Å². The third kappa shape index (κ3) is 4.12. The maximum Gasteiger partial charge on any atom is 0.322 e. The van der Waals surface area contributed by atoms with Crippen molar-refractivity contribution < 1.29 is 28.2 Å². The number of hydrogen-bond donors (Lipinski definition) is 2. The van der Waals surface area contributed by atoms with E-state index in [9.17, 15) is 18.4 Å². The Bertz CT molecular complexity index is 553. The van der Waals surface area contributed by atoms with Crippen LogP contribution in [0.2, 0.25) is 0 Å². The zero-order valence-corrected chi connectivity index (χ0v) is 11.0. The van der Waals surface area contributed by atoms with Crippen molar-refractivity contribution in [1.82, 2.24) is 4.90 Å². The fraction of sp³-hybridized carbons (Fsp3) is 0.385. The highest BCUT2D eigenvalue weighted by molar-refractivity contribution is 5.89. The van der Waals surface area contributed by atoms with Crippen molar-refractivity contribution in [1.29, 1.82) is 0 Å². The molecule has 1 heterocycles. The lowest BCUT2D eigenvalue weighted by atomic mass is 10.2. The number of carboxylic acid groups (broad SMARTS) is 1. The number of nitrogens with one attached hydrogen (secondary N) is 1. The molecule has 2 amide bonds. The number of hydrogen-bond acceptors (Lipinski definition) is 3. The van der Waals surface area contributed by atoms with Gasteiger partial charge in [0, 0.05) is 19.2 Å². The number of urea groups is 1. The van der Waals surface area contributed by atoms with E-state index >= 15 is 0 Å². The molecule has 8 heteroatoms. The molecule has 0 aromatic heterocycles. The topological polar surface area (TPSA) is 78.9 Å². The predicted molar refractivity (Wildman–Crippen MR) is 68.9 cm³/mol. The first-order chi connectivity index (χ1) is 9.95. The van der Waals surface area contributed by atoms with Crippen LogP contribution in [-0.2, 0) is 9.53 Å². The second-order valence-corrected chi connectivity index (χ2v) is 4.59. The number of anilines is 1. The summed E-state index contributed by atoms with van der Waals surface area (Å²) in [6, 6.07) is 2.24. The molecule has 0 bridgehead atoms. The van der Waals surface area contributed by atoms with Crippen molar-refractivity contribution in [3.05, 3.63) is 29.8 Å². The Morgan fingerprint density at radius 2 is 2.19 bits per heavy atom. The molecule has 1 atom stereocenters. The van der Waals surface area contributed by atoms with E-state index in [1.807, 2.05) is 0 Å². The number of morpholine rings is 1. The largest absolute Gasteiger partial charge is 0.481 e. The van der Waals surface area contributed by atoms with Gasteiger partial charge in [0.15, 0.2) is 0 Å². The Morgan fingerprint density at radius 3 is 2.86 bits per heavy atom. The van der Waals surface area contributed by atoms with E-state index in [0.29, 0.717) is 6.07 Å². The summed E-state index contributed by atoms with van der Waals surface area (Å²) in [5, 5.41) is 11.0. The number of nitrogens with zero attached hydrogens (tertiary/aromatic N) is 1. The molecule has 114 valence electrons. The number of aliphatic carboxylic acids is 1. The van der Waals surface area contributed by atoms with E-state index in [1.54, 1.807) is 0 Å². The average Bonchev–Trinajstić information content (AvgIpc) is 2.41. The van der Waals surface area contributed by atoms with Crippen LogP contribution in [0.4, 0.5) is 19.3 Å². The standard InChI is InChI=1S/C13H14F2N2O4/c14-8-1-2-11(10(15)5-8)16-13(20)17-3-4-21-9(7-17)6-12(18)19/h1-2,5,9H,3-4,6-7H2,(H,16,20)(H,18,19). The number of ether oxygens (including phenoxy) is 1. The minimum absolute atomic E-state index is 0.0982. The molecule has 1 unspecified atom stereocenters. The van der Waals surface area contributed by atoms with Gasteiger partial charge in [-0.25, -0.2) is 13.6 Å². The Morgan fingerprint density at radius 1 is 1.43 bits per heavy atom. The molecule has 6 nitrogen and oxygen atoms in total. The van der Waals surface area contributed by atoms with Crippen molar-refractivity contribution >= 4 is 17.7 Å². The lowest BCUT2D eigenvalue weighted by molar-refractivity contribution is -0.141. The van der Waals surface area contributed by atoms with Gasteiger partial charge in [-0.05, 0) is 12.1 Å². The van der Waals surface area contributed by atoms with Crippen molar-refractivity contribution in [2.24, 2.45) is 0 Å². The summed E-state index contributed by atoms with van der Waals surface area (Å²) < 4.78 is 31.5. The van der Waals surface area contributed by atoms with Crippen LogP contribution in [0.5, 0.6) is 0 Å². The van der Waals surface area contributed by atoms with Crippen molar-refractivity contribution in [3.63, 3.8) is 0 Å². The highest BCUT2D eigenvalue weighted by atomic mass is 19.1. The zero-order valence-electron chi connectivity index (χ0n) is 11.0. The third-order valence-electron chi connectivity index (χ3n) is 3.00. The maximum atomic E-state index is 13.5. The van der Waals surface area contributed by atoms with Crippen molar-refractivity contribution in [3.8, 4) is 0 Å². The molecule has 1 aromatic rings. The molecular formula is C13H14F2N2O4. The van der Waals surface area contributed by atoms with E-state index in [-0.39, 0.29) is 31.8 Å². The molecule has 2 rings (SSSR count). The number of benzene rings is 1. The third-order valence-corrected chi connectivity index (χ3v) is 3.00. The molecule has 0 spiro atoms. The maximum absolute atomic E-state index is 13.5. The SMILES string of the molecule is O=C(O)CC1CN(C(=O)Nc2ccc(F)cc2F)CCO1. The Labute approximate surface area is 119 Å². The van der Waals surface area contributed by atoms with Crippen LogP contribution < -0.4 is 5.32 Å². The number of rotatable bonds is 3. The predicted octanol–water partition coefficient (Wildman–Crippen LogP) is 1.67. The second-order valence-electron chi connectivity index (χ2n) is 4.59.